The summed E-state index contributed by atoms with van der Waals surface area (Å²) in [5.74, 6) is 0. The van der Waals surface area contributed by atoms with Crippen LogP contribution < -0.4 is 0 Å². The highest BCUT2D eigenvalue weighted by atomic mass is 16.3. The molecule has 0 aliphatic rings. The monoisotopic (exact) mass is 335 g/mol. The van der Waals surface area contributed by atoms with Gasteiger partial charge in [-0.05, 0) is 23.6 Å². The molecule has 0 fully saturated rings. The van der Waals surface area contributed by atoms with E-state index in [9.17, 15) is 0 Å². The highest BCUT2D eigenvalue weighted by molar-refractivity contribution is 6.29. The van der Waals surface area contributed by atoms with Crippen molar-refractivity contribution >= 4 is 60.5 Å². The molecule has 3 heterocycles. The molecule has 3 aromatic heterocycles. The van der Waals surface area contributed by atoms with Gasteiger partial charge in [0, 0.05) is 16.2 Å². The number of fused-ring (bicyclic) bond motifs is 4. The van der Waals surface area contributed by atoms with Crippen molar-refractivity contribution in [2.75, 3.05) is 0 Å². The minimum atomic E-state index is 0.470. The third-order valence-electron chi connectivity index (χ3n) is 4.80. The topological polar surface area (TPSA) is 56.4 Å². The molecule has 0 saturated carbocycles. The van der Waals surface area contributed by atoms with Gasteiger partial charge in [0.05, 0.1) is 18.2 Å². The van der Waals surface area contributed by atoms with Crippen molar-refractivity contribution in [3.63, 3.8) is 0 Å². The fourth-order valence-electron chi connectivity index (χ4n) is 3.73. The molecule has 5 nitrogen and oxygen atoms in total. The summed E-state index contributed by atoms with van der Waals surface area (Å²) in [6.45, 7) is 7.37. The predicted molar refractivity (Wildman–Crippen MR) is 100 cm³/mol. The third kappa shape index (κ3) is 1.58. The van der Waals surface area contributed by atoms with Crippen molar-refractivity contribution in [2.45, 2.75) is 0 Å². The molecule has 0 bridgehead atoms. The number of hydrogen-bond acceptors (Lipinski definition) is 4. The van der Waals surface area contributed by atoms with Crippen molar-refractivity contribution in [1.82, 2.24) is 9.97 Å². The van der Waals surface area contributed by atoms with Gasteiger partial charge in [-0.25, -0.2) is 14.8 Å². The van der Waals surface area contributed by atoms with Crippen LogP contribution in [0.5, 0.6) is 0 Å². The molecule has 3 aromatic carbocycles. The Morgan fingerprint density at radius 2 is 1.73 bits per heavy atom. The Morgan fingerprint density at radius 1 is 0.885 bits per heavy atom. The van der Waals surface area contributed by atoms with Crippen LogP contribution in [-0.4, -0.2) is 9.97 Å². The molecule has 0 atom stereocenters. The van der Waals surface area contributed by atoms with Gasteiger partial charge in [0.25, 0.3) is 0 Å². The first-order chi connectivity index (χ1) is 12.8. The van der Waals surface area contributed by atoms with Gasteiger partial charge >= 0.3 is 0 Å². The van der Waals surface area contributed by atoms with Gasteiger partial charge in [-0.3, -0.25) is 0 Å². The van der Waals surface area contributed by atoms with Crippen LogP contribution in [0, 0.1) is 6.57 Å². The second kappa shape index (κ2) is 4.58. The van der Waals surface area contributed by atoms with Crippen molar-refractivity contribution in [3.8, 4) is 0 Å². The summed E-state index contributed by atoms with van der Waals surface area (Å²) >= 11 is 0. The molecule has 6 rings (SSSR count). The highest BCUT2D eigenvalue weighted by Crippen LogP contribution is 2.43. The van der Waals surface area contributed by atoms with Gasteiger partial charge < -0.3 is 8.83 Å². The maximum Gasteiger partial charge on any atom is 0.194 e. The van der Waals surface area contributed by atoms with E-state index in [0.717, 1.165) is 38.0 Å². The Labute approximate surface area is 146 Å². The van der Waals surface area contributed by atoms with Crippen molar-refractivity contribution in [1.29, 1.82) is 0 Å². The molecule has 0 amide bonds. The first-order valence-electron chi connectivity index (χ1n) is 8.11. The summed E-state index contributed by atoms with van der Waals surface area (Å²) in [5, 5.41) is 4.86. The standard InChI is InChI=1S/C21H9N3O2/c1-22-12-7-15-19-16(8-12)26-21-13-5-3-2-4-11(13)6-14(18(19)21)20-17(25-15)9-23-10-24-20/h2-10H. The molecule has 0 aliphatic heterocycles. The van der Waals surface area contributed by atoms with E-state index >= 15 is 0 Å². The zero-order valence-corrected chi connectivity index (χ0v) is 13.4. The molecule has 0 radical (unpaired) electrons. The molecule has 5 heteroatoms. The van der Waals surface area contributed by atoms with Gasteiger partial charge in [0.15, 0.2) is 11.3 Å². The first-order valence-corrected chi connectivity index (χ1v) is 8.11. The van der Waals surface area contributed by atoms with Crippen LogP contribution in [-0.2, 0) is 0 Å². The Bertz CT molecular complexity index is 1550. The third-order valence-corrected chi connectivity index (χ3v) is 4.80. The maximum absolute atomic E-state index is 7.37. The summed E-state index contributed by atoms with van der Waals surface area (Å²) in [6, 6.07) is 13.7. The SMILES string of the molecule is [C-]#[N+]c1cc2oc3cncnc3c3cc4ccccc4c4oc(c1)c2c34. The minimum absolute atomic E-state index is 0.470. The van der Waals surface area contributed by atoms with Crippen LogP contribution >= 0.6 is 0 Å². The number of rotatable bonds is 0. The second-order valence-corrected chi connectivity index (χ2v) is 6.22. The fraction of sp³-hybridized carbons (Fsp3) is 0. The lowest BCUT2D eigenvalue weighted by atomic mass is 10.0. The van der Waals surface area contributed by atoms with E-state index in [1.54, 1.807) is 18.3 Å². The molecule has 26 heavy (non-hydrogen) atoms. The number of nitrogens with zero attached hydrogens (tertiary/aromatic N) is 3. The van der Waals surface area contributed by atoms with Gasteiger partial charge in [-0.1, -0.05) is 24.3 Å². The van der Waals surface area contributed by atoms with Gasteiger partial charge in [-0.15, -0.1) is 0 Å². The van der Waals surface area contributed by atoms with E-state index in [2.05, 4.69) is 26.9 Å². The zero-order chi connectivity index (χ0) is 17.3. The van der Waals surface area contributed by atoms with E-state index in [1.807, 2.05) is 18.2 Å². The predicted octanol–water partition coefficient (Wildman–Crippen LogP) is 5.98. The lowest BCUT2D eigenvalue weighted by molar-refractivity contribution is 0.655. The summed E-state index contributed by atoms with van der Waals surface area (Å²) in [6.07, 6.45) is 3.17. The summed E-state index contributed by atoms with van der Waals surface area (Å²) in [5.41, 5.74) is 3.78. The van der Waals surface area contributed by atoms with E-state index in [-0.39, 0.29) is 0 Å². The van der Waals surface area contributed by atoms with E-state index in [1.165, 1.54) is 6.33 Å². The largest absolute Gasteiger partial charge is 0.457 e. The maximum atomic E-state index is 7.37. The molecule has 0 aliphatic carbocycles. The molecule has 120 valence electrons. The zero-order valence-electron chi connectivity index (χ0n) is 13.4. The van der Waals surface area contributed by atoms with Gasteiger partial charge in [-0.2, -0.15) is 0 Å². The number of aromatic nitrogens is 2. The molecule has 6 aromatic rings. The summed E-state index contributed by atoms with van der Waals surface area (Å²) in [7, 11) is 0. The van der Waals surface area contributed by atoms with Crippen LogP contribution in [0.25, 0.3) is 59.6 Å². The smallest absolute Gasteiger partial charge is 0.194 e. The lowest BCUT2D eigenvalue weighted by Gasteiger charge is -2.01. The fourth-order valence-corrected chi connectivity index (χ4v) is 3.73. The van der Waals surface area contributed by atoms with Crippen molar-refractivity contribution < 1.29 is 8.83 Å². The first kappa shape index (κ1) is 13.4. The molecule has 0 unspecified atom stereocenters. The molecule has 0 spiro atoms. The van der Waals surface area contributed by atoms with E-state index in [4.69, 9.17) is 15.4 Å². The van der Waals surface area contributed by atoms with E-state index in [0.29, 0.717) is 22.4 Å². The van der Waals surface area contributed by atoms with Crippen LogP contribution in [0.2, 0.25) is 0 Å². The second-order valence-electron chi connectivity index (χ2n) is 6.22. The van der Waals surface area contributed by atoms with Crippen molar-refractivity contribution in [2.24, 2.45) is 0 Å². The highest BCUT2D eigenvalue weighted by Gasteiger charge is 2.19. The lowest BCUT2D eigenvalue weighted by Crippen LogP contribution is -1.81. The Balaban J connectivity index is 2.09. The molecule has 0 N–H and O–H groups in total. The number of furan rings is 1. The number of hydrogen-bond donors (Lipinski definition) is 0. The average molecular weight is 335 g/mol. The van der Waals surface area contributed by atoms with Crippen molar-refractivity contribution in [3.05, 3.63) is 66.4 Å². The summed E-state index contributed by atoms with van der Waals surface area (Å²) in [4.78, 5) is 12.1. The molecular formula is C21H9N3O2. The number of benzene rings is 3. The van der Waals surface area contributed by atoms with Gasteiger partial charge in [0.2, 0.25) is 0 Å². The molecular weight excluding hydrogens is 326 g/mol. The van der Waals surface area contributed by atoms with Crippen LogP contribution in [0.1, 0.15) is 0 Å². The Morgan fingerprint density at radius 3 is 2.62 bits per heavy atom. The molecule has 0 saturated heterocycles. The minimum Gasteiger partial charge on any atom is -0.457 e. The van der Waals surface area contributed by atoms with E-state index < -0.39 is 0 Å². The van der Waals surface area contributed by atoms with Crippen LogP contribution in [0.15, 0.2) is 63.8 Å². The Hall–Kier alpha value is -3.91. The average Bonchev–Trinajstić information content (AvgIpc) is 3.01. The normalized spacial score (nSPS) is 11.8. The summed E-state index contributed by atoms with van der Waals surface area (Å²) < 4.78 is 12.3. The quantitative estimate of drug-likeness (QED) is 0.320. The van der Waals surface area contributed by atoms with Crippen LogP contribution in [0.3, 0.4) is 0 Å². The van der Waals surface area contributed by atoms with Crippen LogP contribution in [0.4, 0.5) is 5.69 Å². The van der Waals surface area contributed by atoms with Gasteiger partial charge in [0.1, 0.15) is 28.6 Å². The Kier molecular flexibility index (Phi) is 2.36.